The molecule has 14 nitrogen and oxygen atoms in total. The Kier molecular flexibility index (Phi) is 11.9. The van der Waals surface area contributed by atoms with E-state index in [0.717, 1.165) is 50.6 Å². The van der Waals surface area contributed by atoms with Crippen molar-refractivity contribution < 1.29 is 28.7 Å². The van der Waals surface area contributed by atoms with Crippen LogP contribution in [0.25, 0.3) is 44.2 Å². The minimum absolute atomic E-state index is 0.152. The molecule has 0 aliphatic heterocycles. The highest BCUT2D eigenvalue weighted by molar-refractivity contribution is 7.80. The number of amides is 4. The van der Waals surface area contributed by atoms with Crippen molar-refractivity contribution >= 4 is 58.4 Å². The summed E-state index contributed by atoms with van der Waals surface area (Å²) in [7, 11) is 2.50. The van der Waals surface area contributed by atoms with Crippen LogP contribution in [0.4, 0.5) is 9.59 Å². The molecule has 0 spiro atoms. The summed E-state index contributed by atoms with van der Waals surface area (Å²) in [5, 5.41) is 6.85. The molecule has 4 amide bonds. The number of hydrogen-bond acceptors (Lipinski definition) is 9. The zero-order chi connectivity index (χ0) is 35.6. The lowest BCUT2D eigenvalue weighted by Crippen LogP contribution is -2.40. The average Bonchev–Trinajstić information content (AvgIpc) is 3.79. The normalized spacial score (nSPS) is 11.0. The molecular formula is C35H40N8O6S. The number of benzene rings is 3. The molecule has 0 aliphatic carbocycles. The number of nitrogens with one attached hydrogen (secondary N) is 4. The van der Waals surface area contributed by atoms with Gasteiger partial charge in [-0.2, -0.15) is 12.6 Å². The first-order valence-corrected chi connectivity index (χ1v) is 16.7. The van der Waals surface area contributed by atoms with Gasteiger partial charge in [-0.1, -0.05) is 49.4 Å². The van der Waals surface area contributed by atoms with Crippen LogP contribution in [0.5, 0.6) is 0 Å². The fourth-order valence-corrected chi connectivity index (χ4v) is 5.78. The van der Waals surface area contributed by atoms with Crippen molar-refractivity contribution in [1.82, 2.24) is 40.4 Å². The summed E-state index contributed by atoms with van der Waals surface area (Å²) >= 11 is 4.28. The van der Waals surface area contributed by atoms with E-state index in [-0.39, 0.29) is 38.0 Å². The molecule has 0 radical (unpaired) electrons. The van der Waals surface area contributed by atoms with Crippen LogP contribution in [-0.4, -0.2) is 99.9 Å². The van der Waals surface area contributed by atoms with Gasteiger partial charge in [0, 0.05) is 24.2 Å². The van der Waals surface area contributed by atoms with Crippen molar-refractivity contribution in [3.63, 3.8) is 0 Å². The van der Waals surface area contributed by atoms with Crippen molar-refractivity contribution in [2.75, 3.05) is 46.2 Å². The standard InChI is InChI=1S/C35H40N8O6S/c1-4-13-42(31(44)18-37-34(46)48-2)20-29-36-17-28(40-29)23-7-5-22(6-8-23)24-9-11-26-25(16-24)10-12-27-33(26)41-30(39-27)21-43(14-15-50)32(45)19-38-35(47)49-3/h5-12,16-17,50H,4,13-15,18-21H2,1-3H3,(H,36,40)(H,37,46)(H,38,47)(H,39,41). The van der Waals surface area contributed by atoms with Crippen LogP contribution < -0.4 is 10.6 Å². The average molecular weight is 701 g/mol. The van der Waals surface area contributed by atoms with Gasteiger partial charge in [0.1, 0.15) is 24.7 Å². The van der Waals surface area contributed by atoms with E-state index < -0.39 is 12.2 Å². The number of aromatic nitrogens is 4. The van der Waals surface area contributed by atoms with Crippen molar-refractivity contribution in [3.8, 4) is 22.4 Å². The number of carbonyl (C=O) groups is 4. The smallest absolute Gasteiger partial charge is 0.407 e. The third kappa shape index (κ3) is 8.71. The number of nitrogens with zero attached hydrogens (tertiary/aromatic N) is 4. The highest BCUT2D eigenvalue weighted by Gasteiger charge is 2.18. The molecule has 4 N–H and O–H groups in total. The molecule has 0 aliphatic rings. The number of alkyl carbamates (subject to hydrolysis) is 2. The summed E-state index contributed by atoms with van der Waals surface area (Å²) in [5.41, 5.74) is 5.52. The molecule has 5 aromatic rings. The van der Waals surface area contributed by atoms with E-state index in [0.29, 0.717) is 30.5 Å². The molecule has 5 rings (SSSR count). The third-order valence-corrected chi connectivity index (χ3v) is 8.26. The van der Waals surface area contributed by atoms with E-state index in [1.54, 1.807) is 16.0 Å². The fourth-order valence-electron chi connectivity index (χ4n) is 5.54. The van der Waals surface area contributed by atoms with Crippen LogP contribution in [-0.2, 0) is 32.2 Å². The van der Waals surface area contributed by atoms with Gasteiger partial charge in [-0.05, 0) is 40.6 Å². The van der Waals surface area contributed by atoms with Crippen LogP contribution in [0.1, 0.15) is 25.0 Å². The Labute approximate surface area is 294 Å². The summed E-state index contributed by atoms with van der Waals surface area (Å²) in [6.07, 6.45) is 1.19. The molecular weight excluding hydrogens is 661 g/mol. The van der Waals surface area contributed by atoms with Gasteiger partial charge in [-0.15, -0.1) is 0 Å². The number of carbonyl (C=O) groups excluding carboxylic acids is 4. The van der Waals surface area contributed by atoms with Crippen LogP contribution >= 0.6 is 12.6 Å². The van der Waals surface area contributed by atoms with Gasteiger partial charge in [-0.25, -0.2) is 19.6 Å². The lowest BCUT2D eigenvalue weighted by Gasteiger charge is -2.21. The summed E-state index contributed by atoms with van der Waals surface area (Å²) < 4.78 is 9.11. The van der Waals surface area contributed by atoms with Gasteiger partial charge in [0.2, 0.25) is 11.8 Å². The van der Waals surface area contributed by atoms with Gasteiger partial charge in [0.25, 0.3) is 0 Å². The van der Waals surface area contributed by atoms with Crippen LogP contribution in [0.3, 0.4) is 0 Å². The predicted molar refractivity (Wildman–Crippen MR) is 192 cm³/mol. The maximum Gasteiger partial charge on any atom is 0.407 e. The van der Waals surface area contributed by atoms with Crippen LogP contribution in [0.2, 0.25) is 0 Å². The van der Waals surface area contributed by atoms with Crippen molar-refractivity contribution in [2.24, 2.45) is 0 Å². The number of thiol groups is 1. The first kappa shape index (κ1) is 35.7. The maximum atomic E-state index is 12.7. The molecule has 50 heavy (non-hydrogen) atoms. The van der Waals surface area contributed by atoms with Crippen molar-refractivity contribution in [2.45, 2.75) is 26.4 Å². The molecule has 0 saturated carbocycles. The quantitative estimate of drug-likeness (QED) is 0.105. The van der Waals surface area contributed by atoms with Crippen LogP contribution in [0, 0.1) is 0 Å². The summed E-state index contributed by atoms with van der Waals surface area (Å²) in [4.78, 5) is 67.4. The number of methoxy groups -OCH3 is 2. The van der Waals surface area contributed by atoms with Crippen LogP contribution in [0.15, 0.2) is 60.8 Å². The first-order chi connectivity index (χ1) is 24.2. The molecule has 0 bridgehead atoms. The van der Waals surface area contributed by atoms with Gasteiger partial charge in [0.15, 0.2) is 0 Å². The lowest BCUT2D eigenvalue weighted by molar-refractivity contribution is -0.131. The minimum Gasteiger partial charge on any atom is -0.453 e. The Bertz CT molecular complexity index is 1980. The van der Waals surface area contributed by atoms with Gasteiger partial charge < -0.3 is 39.9 Å². The summed E-state index contributed by atoms with van der Waals surface area (Å²) in [6, 6.07) is 18.4. The second kappa shape index (κ2) is 16.7. The number of fused-ring (bicyclic) bond motifs is 3. The number of imidazole rings is 2. The van der Waals surface area contributed by atoms with E-state index in [2.05, 4.69) is 72.0 Å². The van der Waals surface area contributed by atoms with E-state index >= 15 is 0 Å². The zero-order valence-electron chi connectivity index (χ0n) is 28.1. The zero-order valence-corrected chi connectivity index (χ0v) is 29.0. The molecule has 0 fully saturated rings. The van der Waals surface area contributed by atoms with Gasteiger partial charge in [0.05, 0.1) is 50.2 Å². The molecule has 3 aromatic carbocycles. The lowest BCUT2D eigenvalue weighted by atomic mass is 9.99. The third-order valence-electron chi connectivity index (χ3n) is 8.06. The number of H-pyrrole nitrogens is 2. The van der Waals surface area contributed by atoms with E-state index in [9.17, 15) is 19.2 Å². The Hall–Kier alpha value is -5.57. The highest BCUT2D eigenvalue weighted by Crippen LogP contribution is 2.30. The maximum absolute atomic E-state index is 12.7. The Morgan fingerprint density at radius 3 is 2.04 bits per heavy atom. The SMILES string of the molecule is CCCN(Cc1ncc(-c2ccc(-c3ccc4c(ccc5[nH]c(CN(CCS)C(=O)CNC(=O)OC)nc54)c3)cc2)[nH]1)C(=O)CNC(=O)OC. The summed E-state index contributed by atoms with van der Waals surface area (Å²) in [5.74, 6) is 1.23. The van der Waals surface area contributed by atoms with Gasteiger partial charge in [-0.3, -0.25) is 9.59 Å². The second-order valence-electron chi connectivity index (χ2n) is 11.4. The molecule has 0 atom stereocenters. The largest absolute Gasteiger partial charge is 0.453 e. The number of rotatable bonds is 14. The number of ether oxygens (including phenoxy) is 2. The fraction of sp³-hybridized carbons (Fsp3) is 0.314. The minimum atomic E-state index is -0.670. The Morgan fingerprint density at radius 2 is 1.40 bits per heavy atom. The molecule has 2 aromatic heterocycles. The molecule has 2 heterocycles. The monoisotopic (exact) mass is 700 g/mol. The Balaban J connectivity index is 1.28. The second-order valence-corrected chi connectivity index (χ2v) is 11.9. The molecule has 15 heteroatoms. The predicted octanol–water partition coefficient (Wildman–Crippen LogP) is 4.48. The van der Waals surface area contributed by atoms with E-state index in [4.69, 9.17) is 4.98 Å². The van der Waals surface area contributed by atoms with Crippen molar-refractivity contribution in [3.05, 3.63) is 72.4 Å². The highest BCUT2D eigenvalue weighted by atomic mass is 32.1. The molecule has 262 valence electrons. The molecule has 0 unspecified atom stereocenters. The Morgan fingerprint density at radius 1 is 0.780 bits per heavy atom. The van der Waals surface area contributed by atoms with Gasteiger partial charge >= 0.3 is 12.2 Å². The molecule has 0 saturated heterocycles. The van der Waals surface area contributed by atoms with E-state index in [1.165, 1.54) is 14.2 Å². The topological polar surface area (TPSA) is 175 Å². The summed E-state index contributed by atoms with van der Waals surface area (Å²) in [6.45, 7) is 3.09. The number of aromatic amines is 2. The van der Waals surface area contributed by atoms with Crippen molar-refractivity contribution in [1.29, 1.82) is 0 Å². The van der Waals surface area contributed by atoms with E-state index in [1.807, 2.05) is 37.3 Å². The first-order valence-electron chi connectivity index (χ1n) is 16.1. The number of hydrogen-bond donors (Lipinski definition) is 5.